The Labute approximate surface area is 84.5 Å². The van der Waals surface area contributed by atoms with Gasteiger partial charge < -0.3 is 0 Å². The molecule has 0 unspecified atom stereocenters. The summed E-state index contributed by atoms with van der Waals surface area (Å²) in [7, 11) is 0. The second kappa shape index (κ2) is 5.36. The minimum atomic E-state index is -4.17. The maximum Gasteiger partial charge on any atom is 0.456 e. The molecule has 1 fully saturated rings. The van der Waals surface area contributed by atoms with E-state index in [9.17, 15) is 13.2 Å². The monoisotopic (exact) mass is 231 g/mol. The molecule has 6 heteroatoms. The van der Waals surface area contributed by atoms with Gasteiger partial charge in [-0.1, -0.05) is 31.2 Å². The fourth-order valence-electron chi connectivity index (χ4n) is 1.32. The Kier molecular flexibility index (Phi) is 4.75. The zero-order chi connectivity index (χ0) is 9.73. The predicted octanol–water partition coefficient (Wildman–Crippen LogP) is 3.72. The molecule has 0 saturated heterocycles. The molecule has 0 bridgehead atoms. The second-order valence-electron chi connectivity index (χ2n) is 3.01. The summed E-state index contributed by atoms with van der Waals surface area (Å²) in [5, 5.41) is 0.364. The lowest BCUT2D eigenvalue weighted by Crippen LogP contribution is -2.14. The van der Waals surface area contributed by atoms with Crippen LogP contribution in [0.3, 0.4) is 0 Å². The summed E-state index contributed by atoms with van der Waals surface area (Å²) in [4.78, 5) is 0. The van der Waals surface area contributed by atoms with Crippen LogP contribution in [0.5, 0.6) is 0 Å². The first-order valence-electron chi connectivity index (χ1n) is 4.23. The van der Waals surface area contributed by atoms with Crippen LogP contribution in [0, 0.1) is 0 Å². The molecule has 1 aliphatic carbocycles. The van der Waals surface area contributed by atoms with Gasteiger partial charge in [0.2, 0.25) is 0 Å². The van der Waals surface area contributed by atoms with E-state index >= 15 is 0 Å². The normalized spacial score (nSPS) is 20.5. The zero-order valence-corrected chi connectivity index (χ0v) is 8.70. The van der Waals surface area contributed by atoms with Gasteiger partial charge in [-0.25, -0.2) is 4.13 Å². The highest BCUT2D eigenvalue weighted by atomic mass is 32.2. The predicted molar refractivity (Wildman–Crippen MR) is 51.2 cm³/mol. The van der Waals surface area contributed by atoms with Crippen molar-refractivity contribution in [3.05, 3.63) is 0 Å². The molecule has 1 nitrogen and oxygen atoms in total. The summed E-state index contributed by atoms with van der Waals surface area (Å²) < 4.78 is 37.4. The SMILES string of the molecule is FC(F)(F)SNSC1CCCCC1. The lowest BCUT2D eigenvalue weighted by atomic mass is 10.0. The maximum absolute atomic E-state index is 11.7. The van der Waals surface area contributed by atoms with Crippen LogP contribution >= 0.6 is 23.9 Å². The van der Waals surface area contributed by atoms with Crippen molar-refractivity contribution in [1.29, 1.82) is 0 Å². The van der Waals surface area contributed by atoms with Crippen molar-refractivity contribution in [3.63, 3.8) is 0 Å². The van der Waals surface area contributed by atoms with Crippen LogP contribution in [0.15, 0.2) is 0 Å². The standard InChI is InChI=1S/C7H12F3NS2/c8-7(9,10)13-11-12-6-4-2-1-3-5-6/h6,11H,1-5H2. The fraction of sp³-hybridized carbons (Fsp3) is 1.00. The number of hydrogen-bond donors (Lipinski definition) is 1. The first-order valence-corrected chi connectivity index (χ1v) is 5.93. The van der Waals surface area contributed by atoms with Crippen LogP contribution in [0.1, 0.15) is 32.1 Å². The van der Waals surface area contributed by atoms with Gasteiger partial charge in [-0.05, 0) is 12.8 Å². The summed E-state index contributed by atoms with van der Waals surface area (Å²) >= 11 is 1.06. The van der Waals surface area contributed by atoms with Crippen LogP contribution in [-0.4, -0.2) is 10.8 Å². The third-order valence-corrected chi connectivity index (χ3v) is 3.68. The molecule has 13 heavy (non-hydrogen) atoms. The first-order chi connectivity index (χ1) is 6.08. The van der Waals surface area contributed by atoms with E-state index in [0.29, 0.717) is 5.25 Å². The minimum absolute atomic E-state index is 0.160. The summed E-state index contributed by atoms with van der Waals surface area (Å²) in [5.41, 5.74) is -4.17. The van der Waals surface area contributed by atoms with Gasteiger partial charge in [0, 0.05) is 17.2 Å². The van der Waals surface area contributed by atoms with E-state index in [0.717, 1.165) is 25.7 Å². The number of halogens is 3. The van der Waals surface area contributed by atoms with E-state index in [1.54, 1.807) is 0 Å². The highest BCUT2D eigenvalue weighted by Crippen LogP contribution is 2.33. The molecule has 0 spiro atoms. The van der Waals surface area contributed by atoms with Crippen molar-refractivity contribution in [2.45, 2.75) is 42.9 Å². The van der Waals surface area contributed by atoms with E-state index in [4.69, 9.17) is 0 Å². The molecule has 0 amide bonds. The fourth-order valence-corrected chi connectivity index (χ4v) is 3.01. The van der Waals surface area contributed by atoms with E-state index in [1.165, 1.54) is 18.4 Å². The van der Waals surface area contributed by atoms with Crippen molar-refractivity contribution in [1.82, 2.24) is 4.13 Å². The number of nitrogens with one attached hydrogen (secondary N) is 1. The summed E-state index contributed by atoms with van der Waals surface area (Å²) in [6.07, 6.45) is 5.60. The Morgan fingerprint density at radius 3 is 2.23 bits per heavy atom. The van der Waals surface area contributed by atoms with Gasteiger partial charge in [-0.2, -0.15) is 13.2 Å². The number of hydrogen-bond acceptors (Lipinski definition) is 3. The minimum Gasteiger partial charge on any atom is -0.200 e. The van der Waals surface area contributed by atoms with Gasteiger partial charge in [0.15, 0.2) is 0 Å². The molecule has 0 aromatic carbocycles. The molecule has 1 N–H and O–H groups in total. The number of rotatable bonds is 3. The topological polar surface area (TPSA) is 12.0 Å². The van der Waals surface area contributed by atoms with Gasteiger partial charge in [0.05, 0.1) is 0 Å². The van der Waals surface area contributed by atoms with Gasteiger partial charge in [0.25, 0.3) is 0 Å². The Hall–Kier alpha value is 0.450. The second-order valence-corrected chi connectivity index (χ2v) is 5.25. The van der Waals surface area contributed by atoms with Crippen molar-refractivity contribution < 1.29 is 13.2 Å². The molecule has 1 rings (SSSR count). The average molecular weight is 231 g/mol. The molecule has 1 saturated carbocycles. The maximum atomic E-state index is 11.7. The molecular formula is C7H12F3NS2. The summed E-state index contributed by atoms with van der Waals surface area (Å²) in [6, 6.07) is 0. The van der Waals surface area contributed by atoms with Crippen molar-refractivity contribution >= 4 is 23.9 Å². The van der Waals surface area contributed by atoms with Crippen molar-refractivity contribution in [3.8, 4) is 0 Å². The van der Waals surface area contributed by atoms with Gasteiger partial charge in [-0.3, -0.25) is 0 Å². The largest absolute Gasteiger partial charge is 0.456 e. The van der Waals surface area contributed by atoms with Crippen LogP contribution in [0.25, 0.3) is 0 Å². The van der Waals surface area contributed by atoms with Crippen LogP contribution in [0.2, 0.25) is 0 Å². The molecule has 0 aromatic heterocycles. The van der Waals surface area contributed by atoms with Crippen molar-refractivity contribution in [2.24, 2.45) is 0 Å². The van der Waals surface area contributed by atoms with Crippen LogP contribution in [0.4, 0.5) is 13.2 Å². The summed E-state index contributed by atoms with van der Waals surface area (Å²) in [5.74, 6) is 0. The molecular weight excluding hydrogens is 219 g/mol. The Balaban J connectivity index is 2.04. The molecule has 0 heterocycles. The highest BCUT2D eigenvalue weighted by molar-refractivity contribution is 8.13. The third kappa shape index (κ3) is 5.70. The van der Waals surface area contributed by atoms with Gasteiger partial charge in [-0.15, -0.1) is 0 Å². The van der Waals surface area contributed by atoms with E-state index in [2.05, 4.69) is 4.13 Å². The smallest absolute Gasteiger partial charge is 0.200 e. The molecule has 0 aromatic rings. The molecule has 78 valence electrons. The third-order valence-electron chi connectivity index (χ3n) is 1.92. The van der Waals surface area contributed by atoms with Crippen LogP contribution in [-0.2, 0) is 0 Å². The van der Waals surface area contributed by atoms with E-state index < -0.39 is 5.51 Å². The lowest BCUT2D eigenvalue weighted by molar-refractivity contribution is -0.0331. The Morgan fingerprint density at radius 2 is 1.69 bits per heavy atom. The molecule has 0 aliphatic heterocycles. The molecule has 1 aliphatic rings. The molecule has 0 atom stereocenters. The zero-order valence-electron chi connectivity index (χ0n) is 7.06. The first kappa shape index (κ1) is 11.5. The molecule has 0 radical (unpaired) electrons. The van der Waals surface area contributed by atoms with Crippen molar-refractivity contribution in [2.75, 3.05) is 0 Å². The Morgan fingerprint density at radius 1 is 1.08 bits per heavy atom. The van der Waals surface area contributed by atoms with Gasteiger partial charge >= 0.3 is 5.51 Å². The van der Waals surface area contributed by atoms with Gasteiger partial charge in [0.1, 0.15) is 0 Å². The van der Waals surface area contributed by atoms with Crippen LogP contribution < -0.4 is 4.13 Å². The van der Waals surface area contributed by atoms with E-state index in [1.807, 2.05) is 0 Å². The Bertz CT molecular complexity index is 145. The number of alkyl halides is 3. The average Bonchev–Trinajstić information content (AvgIpc) is 2.04. The highest BCUT2D eigenvalue weighted by Gasteiger charge is 2.29. The lowest BCUT2D eigenvalue weighted by Gasteiger charge is -2.20. The quantitative estimate of drug-likeness (QED) is 0.743. The summed E-state index contributed by atoms with van der Waals surface area (Å²) in [6.45, 7) is 0. The van der Waals surface area contributed by atoms with E-state index in [-0.39, 0.29) is 11.9 Å².